The molecule has 0 bridgehead atoms. The van der Waals surface area contributed by atoms with Gasteiger partial charge in [0, 0.05) is 18.3 Å². The van der Waals surface area contributed by atoms with E-state index in [4.69, 9.17) is 0 Å². The van der Waals surface area contributed by atoms with E-state index in [9.17, 15) is 18.0 Å². The van der Waals surface area contributed by atoms with Gasteiger partial charge in [-0.2, -0.15) is 22.8 Å². The number of fused-ring (bicyclic) bond motifs is 1. The van der Waals surface area contributed by atoms with Crippen LogP contribution in [0.2, 0.25) is 0 Å². The minimum absolute atomic E-state index is 0.00894. The fourth-order valence-electron chi connectivity index (χ4n) is 2.40. The minimum Gasteiger partial charge on any atom is -0.330 e. The third kappa shape index (κ3) is 4.49. The number of rotatable bonds is 5. The number of aromatic nitrogens is 6. The van der Waals surface area contributed by atoms with Crippen molar-refractivity contribution in [2.45, 2.75) is 22.5 Å². The third-order valence-corrected chi connectivity index (χ3v) is 5.34. The number of amides is 1. The van der Waals surface area contributed by atoms with Gasteiger partial charge in [0.1, 0.15) is 5.03 Å². The van der Waals surface area contributed by atoms with Gasteiger partial charge >= 0.3 is 6.18 Å². The molecule has 1 amide bonds. The van der Waals surface area contributed by atoms with Crippen molar-refractivity contribution >= 4 is 51.2 Å². The smallest absolute Gasteiger partial charge is 0.330 e. The maximum absolute atomic E-state index is 13.0. The second-order valence-electron chi connectivity index (χ2n) is 5.83. The molecule has 0 atom stereocenters. The quantitative estimate of drug-likeness (QED) is 0.470. The van der Waals surface area contributed by atoms with Crippen LogP contribution in [0.25, 0.3) is 5.65 Å². The van der Waals surface area contributed by atoms with E-state index in [-0.39, 0.29) is 16.6 Å². The number of halogens is 3. The Morgan fingerprint density at radius 1 is 1.10 bits per heavy atom. The van der Waals surface area contributed by atoms with E-state index in [0.717, 1.165) is 11.8 Å². The van der Waals surface area contributed by atoms with Crippen molar-refractivity contribution in [2.24, 2.45) is 0 Å². The van der Waals surface area contributed by atoms with Crippen molar-refractivity contribution < 1.29 is 18.0 Å². The maximum atomic E-state index is 13.0. The Hall–Kier alpha value is -3.26. The predicted molar refractivity (Wildman–Crippen MR) is 104 cm³/mol. The van der Waals surface area contributed by atoms with Crippen LogP contribution in [-0.2, 0) is 11.0 Å². The van der Waals surface area contributed by atoms with E-state index in [1.165, 1.54) is 30.4 Å². The number of carbonyl (C=O) groups excluding carboxylic acids is 1. The first-order chi connectivity index (χ1) is 14.3. The molecule has 0 saturated carbocycles. The zero-order valence-corrected chi connectivity index (χ0v) is 16.6. The highest BCUT2D eigenvalue weighted by Crippen LogP contribution is 2.33. The van der Waals surface area contributed by atoms with Crippen LogP contribution in [0.5, 0.6) is 0 Å². The van der Waals surface area contributed by atoms with Crippen LogP contribution in [0, 0.1) is 0 Å². The fourth-order valence-corrected chi connectivity index (χ4v) is 4.07. The van der Waals surface area contributed by atoms with Crippen LogP contribution < -0.4 is 10.6 Å². The molecule has 154 valence electrons. The van der Waals surface area contributed by atoms with Crippen molar-refractivity contribution in [3.8, 4) is 0 Å². The SMILES string of the molecule is CC(=O)Nc1cccc(Nc2nnc(Sc3ccc4nnc(C(F)(F)F)n4n3)s2)c1. The average Bonchev–Trinajstić information content (AvgIpc) is 3.27. The molecule has 0 saturated heterocycles. The second-order valence-corrected chi connectivity index (χ2v) is 8.07. The maximum Gasteiger partial charge on any atom is 0.453 e. The molecule has 0 aliphatic carbocycles. The first-order valence-corrected chi connectivity index (χ1v) is 9.87. The molecule has 0 fully saturated rings. The molecule has 4 rings (SSSR count). The summed E-state index contributed by atoms with van der Waals surface area (Å²) in [7, 11) is 0. The highest BCUT2D eigenvalue weighted by molar-refractivity contribution is 8.01. The van der Waals surface area contributed by atoms with Crippen molar-refractivity contribution in [3.63, 3.8) is 0 Å². The number of benzene rings is 1. The molecule has 0 unspecified atom stereocenters. The lowest BCUT2D eigenvalue weighted by Crippen LogP contribution is -2.12. The van der Waals surface area contributed by atoms with E-state index in [1.807, 2.05) is 0 Å². The first kappa shape index (κ1) is 20.0. The normalized spacial score (nSPS) is 11.6. The number of carbonyl (C=O) groups is 1. The van der Waals surface area contributed by atoms with E-state index in [1.54, 1.807) is 24.3 Å². The number of nitrogens with one attached hydrogen (secondary N) is 2. The molecule has 3 heterocycles. The number of anilines is 3. The Balaban J connectivity index is 1.50. The van der Waals surface area contributed by atoms with Crippen LogP contribution >= 0.6 is 23.1 Å². The lowest BCUT2D eigenvalue weighted by atomic mass is 10.3. The average molecular weight is 452 g/mol. The highest BCUT2D eigenvalue weighted by atomic mass is 32.2. The van der Waals surface area contributed by atoms with Gasteiger partial charge < -0.3 is 10.6 Å². The van der Waals surface area contributed by atoms with Crippen molar-refractivity contribution in [3.05, 3.63) is 42.2 Å². The third-order valence-electron chi connectivity index (χ3n) is 3.52. The summed E-state index contributed by atoms with van der Waals surface area (Å²) in [5, 5.41) is 25.1. The number of hydrogen-bond acceptors (Lipinski definition) is 9. The Bertz CT molecular complexity index is 1220. The summed E-state index contributed by atoms with van der Waals surface area (Å²) in [6.45, 7) is 1.41. The molecular weight excluding hydrogens is 441 g/mol. The van der Waals surface area contributed by atoms with Gasteiger partial charge in [-0.15, -0.1) is 20.4 Å². The Morgan fingerprint density at radius 2 is 1.90 bits per heavy atom. The topological polar surface area (TPSA) is 110 Å². The van der Waals surface area contributed by atoms with E-state index in [0.29, 0.717) is 25.4 Å². The van der Waals surface area contributed by atoms with E-state index < -0.39 is 12.0 Å². The molecule has 0 radical (unpaired) electrons. The van der Waals surface area contributed by atoms with Gasteiger partial charge in [-0.25, -0.2) is 0 Å². The van der Waals surface area contributed by atoms with Gasteiger partial charge in [0.15, 0.2) is 9.99 Å². The summed E-state index contributed by atoms with van der Waals surface area (Å²) in [5.74, 6) is -1.38. The monoisotopic (exact) mass is 452 g/mol. The summed E-state index contributed by atoms with van der Waals surface area (Å²) in [6.07, 6.45) is -4.67. The molecule has 0 aliphatic rings. The molecule has 30 heavy (non-hydrogen) atoms. The van der Waals surface area contributed by atoms with Gasteiger partial charge in [0.2, 0.25) is 11.0 Å². The predicted octanol–water partition coefficient (Wildman–Crippen LogP) is 3.85. The Morgan fingerprint density at radius 3 is 2.67 bits per heavy atom. The van der Waals surface area contributed by atoms with Crippen LogP contribution in [0.1, 0.15) is 12.7 Å². The Labute approximate surface area is 174 Å². The molecule has 14 heteroatoms. The molecule has 0 spiro atoms. The van der Waals surface area contributed by atoms with Gasteiger partial charge in [0.05, 0.1) is 0 Å². The van der Waals surface area contributed by atoms with Crippen molar-refractivity contribution in [1.82, 2.24) is 30.0 Å². The zero-order valence-electron chi connectivity index (χ0n) is 15.0. The summed E-state index contributed by atoms with van der Waals surface area (Å²) in [6, 6.07) is 9.96. The standard InChI is InChI=1S/C16H11F3N8OS2/c1-8(28)20-9-3-2-4-10(7-9)21-14-24-25-15(30-14)29-12-6-5-11-22-23-13(16(17,18)19)27(11)26-12/h2-7H,1H3,(H,20,28)(H,21,24). The lowest BCUT2D eigenvalue weighted by Gasteiger charge is -2.05. The zero-order chi connectivity index (χ0) is 21.3. The summed E-state index contributed by atoms with van der Waals surface area (Å²) < 4.78 is 40.1. The number of alkyl halides is 3. The molecule has 4 aromatic rings. The first-order valence-electron chi connectivity index (χ1n) is 8.23. The van der Waals surface area contributed by atoms with Gasteiger partial charge in [-0.1, -0.05) is 17.4 Å². The largest absolute Gasteiger partial charge is 0.453 e. The van der Waals surface area contributed by atoms with Crippen LogP contribution in [0.4, 0.5) is 29.7 Å². The summed E-state index contributed by atoms with van der Waals surface area (Å²) in [5.41, 5.74) is 1.30. The lowest BCUT2D eigenvalue weighted by molar-refractivity contribution is -0.146. The minimum atomic E-state index is -4.67. The van der Waals surface area contributed by atoms with E-state index >= 15 is 0 Å². The molecule has 9 nitrogen and oxygen atoms in total. The highest BCUT2D eigenvalue weighted by Gasteiger charge is 2.37. The number of nitrogens with zero attached hydrogens (tertiary/aromatic N) is 6. The molecule has 2 N–H and O–H groups in total. The van der Waals surface area contributed by atoms with Crippen LogP contribution in [-0.4, -0.2) is 35.9 Å². The molecule has 0 aliphatic heterocycles. The number of hydrogen-bond donors (Lipinski definition) is 2. The second kappa shape index (κ2) is 7.87. The molecular formula is C16H11F3N8OS2. The van der Waals surface area contributed by atoms with Gasteiger partial charge in [0.25, 0.3) is 5.82 Å². The van der Waals surface area contributed by atoms with Crippen LogP contribution in [0.3, 0.4) is 0 Å². The van der Waals surface area contributed by atoms with E-state index in [2.05, 4.69) is 36.1 Å². The fraction of sp³-hybridized carbons (Fsp3) is 0.125. The summed E-state index contributed by atoms with van der Waals surface area (Å²) >= 11 is 2.26. The van der Waals surface area contributed by atoms with Gasteiger partial charge in [-0.05, 0) is 42.1 Å². The molecule has 1 aromatic carbocycles. The van der Waals surface area contributed by atoms with Crippen molar-refractivity contribution in [1.29, 1.82) is 0 Å². The Kier molecular flexibility index (Phi) is 5.26. The summed E-state index contributed by atoms with van der Waals surface area (Å²) in [4.78, 5) is 11.2. The molecule has 3 aromatic heterocycles. The van der Waals surface area contributed by atoms with Crippen molar-refractivity contribution in [2.75, 3.05) is 10.6 Å². The van der Waals surface area contributed by atoms with Crippen LogP contribution in [0.15, 0.2) is 45.8 Å². The van der Waals surface area contributed by atoms with Gasteiger partial charge in [-0.3, -0.25) is 4.79 Å².